The molecule has 1 amide bonds. The van der Waals surface area contributed by atoms with Crippen molar-refractivity contribution in [2.24, 2.45) is 0 Å². The number of carbonyl (C=O) groups is 1. The van der Waals surface area contributed by atoms with Crippen molar-refractivity contribution < 1.29 is 9.21 Å². The van der Waals surface area contributed by atoms with Gasteiger partial charge in [0.25, 0.3) is 0 Å². The van der Waals surface area contributed by atoms with Gasteiger partial charge >= 0.3 is 0 Å². The molecule has 4 nitrogen and oxygen atoms in total. The highest BCUT2D eigenvalue weighted by atomic mass is 35.5. The summed E-state index contributed by atoms with van der Waals surface area (Å²) in [5.74, 6) is 0.518. The standard InChI is InChI=1S/C22H18Cl2N2O2/c23-15-5-3-14(4-6-15)18(11-22(27)26-12-17-2-1-9-28-17)20-13-25-21-8-7-16(24)10-19(20)21/h1-10,13,18,25H,11-12H2,(H,26,27)/t18-/m0/s1. The summed E-state index contributed by atoms with van der Waals surface area (Å²) in [5.41, 5.74) is 3.01. The van der Waals surface area contributed by atoms with Gasteiger partial charge in [-0.1, -0.05) is 35.3 Å². The molecule has 0 spiro atoms. The van der Waals surface area contributed by atoms with Crippen LogP contribution in [0.25, 0.3) is 10.9 Å². The lowest BCUT2D eigenvalue weighted by Gasteiger charge is -2.17. The number of furan rings is 1. The Hall–Kier alpha value is -2.69. The summed E-state index contributed by atoms with van der Waals surface area (Å²) in [4.78, 5) is 15.9. The number of carbonyl (C=O) groups excluding carboxylic acids is 1. The zero-order valence-corrected chi connectivity index (χ0v) is 16.4. The number of benzene rings is 2. The van der Waals surface area contributed by atoms with Gasteiger partial charge in [-0.2, -0.15) is 0 Å². The number of amides is 1. The predicted octanol–water partition coefficient (Wildman–Crippen LogP) is 5.91. The third-order valence-corrected chi connectivity index (χ3v) is 5.24. The van der Waals surface area contributed by atoms with Crippen molar-refractivity contribution in [2.45, 2.75) is 18.9 Å². The summed E-state index contributed by atoms with van der Waals surface area (Å²) >= 11 is 12.3. The first-order valence-electron chi connectivity index (χ1n) is 8.91. The number of H-pyrrole nitrogens is 1. The fourth-order valence-electron chi connectivity index (χ4n) is 3.36. The van der Waals surface area contributed by atoms with Crippen LogP contribution >= 0.6 is 23.2 Å². The van der Waals surface area contributed by atoms with E-state index in [1.165, 1.54) is 0 Å². The van der Waals surface area contributed by atoms with Crippen LogP contribution < -0.4 is 5.32 Å². The van der Waals surface area contributed by atoms with Gasteiger partial charge in [-0.25, -0.2) is 0 Å². The van der Waals surface area contributed by atoms with Gasteiger partial charge < -0.3 is 14.7 Å². The van der Waals surface area contributed by atoms with Gasteiger partial charge in [-0.3, -0.25) is 4.79 Å². The van der Waals surface area contributed by atoms with Crippen LogP contribution in [0.3, 0.4) is 0 Å². The van der Waals surface area contributed by atoms with Crippen LogP contribution in [0.2, 0.25) is 10.0 Å². The van der Waals surface area contributed by atoms with Crippen LogP contribution in [0.5, 0.6) is 0 Å². The van der Waals surface area contributed by atoms with Gasteiger partial charge in [0, 0.05) is 39.5 Å². The molecule has 2 aromatic carbocycles. The molecule has 2 N–H and O–H groups in total. The Morgan fingerprint density at radius 2 is 1.86 bits per heavy atom. The van der Waals surface area contributed by atoms with Gasteiger partial charge in [-0.05, 0) is 53.6 Å². The van der Waals surface area contributed by atoms with Gasteiger partial charge in [0.05, 0.1) is 12.8 Å². The van der Waals surface area contributed by atoms with Crippen molar-refractivity contribution in [1.29, 1.82) is 0 Å². The second kappa shape index (κ2) is 8.13. The largest absolute Gasteiger partial charge is 0.467 e. The van der Waals surface area contributed by atoms with Gasteiger partial charge in [0.1, 0.15) is 5.76 Å². The molecule has 0 radical (unpaired) electrons. The Labute approximate surface area is 172 Å². The molecule has 1 atom stereocenters. The van der Waals surface area contributed by atoms with E-state index < -0.39 is 0 Å². The van der Waals surface area contributed by atoms with E-state index in [0.29, 0.717) is 23.0 Å². The Kier molecular flexibility index (Phi) is 5.42. The van der Waals surface area contributed by atoms with Crippen LogP contribution in [-0.2, 0) is 11.3 Å². The van der Waals surface area contributed by atoms with E-state index in [1.54, 1.807) is 12.3 Å². The lowest BCUT2D eigenvalue weighted by atomic mass is 9.88. The van der Waals surface area contributed by atoms with Crippen molar-refractivity contribution in [3.63, 3.8) is 0 Å². The molecule has 0 aliphatic heterocycles. The first kappa shape index (κ1) is 18.7. The molecule has 4 aromatic rings. The third-order valence-electron chi connectivity index (χ3n) is 4.75. The van der Waals surface area contributed by atoms with E-state index >= 15 is 0 Å². The summed E-state index contributed by atoms with van der Waals surface area (Å²) in [5, 5.41) is 5.25. The summed E-state index contributed by atoms with van der Waals surface area (Å²) in [6.45, 7) is 0.360. The van der Waals surface area contributed by atoms with Crippen molar-refractivity contribution in [2.75, 3.05) is 0 Å². The molecule has 0 unspecified atom stereocenters. The van der Waals surface area contributed by atoms with Crippen LogP contribution in [0, 0.1) is 0 Å². The Morgan fingerprint density at radius 1 is 1.07 bits per heavy atom. The number of aromatic nitrogens is 1. The normalized spacial score (nSPS) is 12.2. The van der Waals surface area contributed by atoms with Gasteiger partial charge in [-0.15, -0.1) is 0 Å². The molecule has 0 saturated heterocycles. The molecule has 4 rings (SSSR count). The van der Waals surface area contributed by atoms with E-state index in [0.717, 1.165) is 27.8 Å². The van der Waals surface area contributed by atoms with Crippen LogP contribution in [0.15, 0.2) is 71.5 Å². The zero-order valence-electron chi connectivity index (χ0n) is 14.9. The molecule has 142 valence electrons. The first-order valence-corrected chi connectivity index (χ1v) is 9.67. The van der Waals surface area contributed by atoms with Crippen molar-refractivity contribution >= 4 is 40.0 Å². The molecular formula is C22H18Cl2N2O2. The summed E-state index contributed by atoms with van der Waals surface area (Å²) in [6, 6.07) is 16.9. The van der Waals surface area contributed by atoms with Crippen molar-refractivity contribution in [3.8, 4) is 0 Å². The topological polar surface area (TPSA) is 58.0 Å². The number of fused-ring (bicyclic) bond motifs is 1. The maximum atomic E-state index is 12.7. The molecule has 2 heterocycles. The number of aromatic amines is 1. The van der Waals surface area contributed by atoms with E-state index in [1.807, 2.05) is 54.7 Å². The molecule has 0 saturated carbocycles. The maximum absolute atomic E-state index is 12.7. The van der Waals surface area contributed by atoms with Crippen LogP contribution in [-0.4, -0.2) is 10.9 Å². The minimum Gasteiger partial charge on any atom is -0.467 e. The molecule has 0 bridgehead atoms. The van der Waals surface area contributed by atoms with Gasteiger partial charge in [0.15, 0.2) is 0 Å². The monoisotopic (exact) mass is 412 g/mol. The average molecular weight is 413 g/mol. The quantitative estimate of drug-likeness (QED) is 0.413. The molecule has 0 fully saturated rings. The molecule has 0 aliphatic carbocycles. The van der Waals surface area contributed by atoms with E-state index in [2.05, 4.69) is 10.3 Å². The molecule has 0 aliphatic rings. The van der Waals surface area contributed by atoms with Crippen LogP contribution in [0.1, 0.15) is 29.2 Å². The Balaban J connectivity index is 1.64. The molecule has 6 heteroatoms. The number of nitrogens with one attached hydrogen (secondary N) is 2. The lowest BCUT2D eigenvalue weighted by Crippen LogP contribution is -2.24. The number of halogens is 2. The molecule has 28 heavy (non-hydrogen) atoms. The number of hydrogen-bond donors (Lipinski definition) is 2. The molecule has 2 aromatic heterocycles. The minimum absolute atomic E-state index is 0.0623. The lowest BCUT2D eigenvalue weighted by molar-refractivity contribution is -0.121. The fraction of sp³-hybridized carbons (Fsp3) is 0.136. The minimum atomic E-state index is -0.138. The fourth-order valence-corrected chi connectivity index (χ4v) is 3.66. The first-order chi connectivity index (χ1) is 13.6. The smallest absolute Gasteiger partial charge is 0.221 e. The zero-order chi connectivity index (χ0) is 19.5. The average Bonchev–Trinajstić information content (AvgIpc) is 3.35. The summed E-state index contributed by atoms with van der Waals surface area (Å²) in [7, 11) is 0. The number of rotatable bonds is 6. The van der Waals surface area contributed by atoms with Crippen LogP contribution in [0.4, 0.5) is 0 Å². The van der Waals surface area contributed by atoms with E-state index in [-0.39, 0.29) is 11.8 Å². The number of hydrogen-bond acceptors (Lipinski definition) is 2. The highest BCUT2D eigenvalue weighted by Gasteiger charge is 2.22. The van der Waals surface area contributed by atoms with Gasteiger partial charge in [0.2, 0.25) is 5.91 Å². The second-order valence-electron chi connectivity index (χ2n) is 6.60. The molecular weight excluding hydrogens is 395 g/mol. The highest BCUT2D eigenvalue weighted by Crippen LogP contribution is 2.35. The van der Waals surface area contributed by atoms with E-state index in [9.17, 15) is 4.79 Å². The van der Waals surface area contributed by atoms with Crippen molar-refractivity contribution in [1.82, 2.24) is 10.3 Å². The Morgan fingerprint density at radius 3 is 2.61 bits per heavy atom. The maximum Gasteiger partial charge on any atom is 0.221 e. The predicted molar refractivity (Wildman–Crippen MR) is 112 cm³/mol. The highest BCUT2D eigenvalue weighted by molar-refractivity contribution is 6.31. The summed E-state index contributed by atoms with van der Waals surface area (Å²) in [6.07, 6.45) is 3.83. The Bertz CT molecular complexity index is 1090. The third kappa shape index (κ3) is 4.08. The van der Waals surface area contributed by atoms with Crippen molar-refractivity contribution in [3.05, 3.63) is 94.0 Å². The summed E-state index contributed by atoms with van der Waals surface area (Å²) < 4.78 is 5.28. The SMILES string of the molecule is O=C(C[C@@H](c1ccc(Cl)cc1)c1c[nH]c2ccc(Cl)cc12)NCc1ccco1. The van der Waals surface area contributed by atoms with E-state index in [4.69, 9.17) is 27.6 Å². The second-order valence-corrected chi connectivity index (χ2v) is 7.47.